The molecule has 4 aliphatic heterocycles. The Kier molecular flexibility index (Phi) is 14.4. The first kappa shape index (κ1) is 48.9. The number of morpholine rings is 1. The van der Waals surface area contributed by atoms with Crippen LogP contribution in [0.4, 0.5) is 21.6 Å². The smallest absolute Gasteiger partial charge is 0.264 e. The average Bonchev–Trinajstić information content (AvgIpc) is 3.84. The maximum Gasteiger partial charge on any atom is 0.264 e. The number of ether oxygens (including phenoxy) is 3. The van der Waals surface area contributed by atoms with Gasteiger partial charge in [-0.25, -0.2) is 4.39 Å². The molecule has 4 aromatic carbocycles. The van der Waals surface area contributed by atoms with Crippen LogP contribution in [0.2, 0.25) is 0 Å². The van der Waals surface area contributed by atoms with Crippen LogP contribution in [0, 0.1) is 25.6 Å². The number of rotatable bonds is 13. The summed E-state index contributed by atoms with van der Waals surface area (Å²) in [5.41, 5.74) is 16.4. The van der Waals surface area contributed by atoms with Crippen LogP contribution in [0.25, 0.3) is 11.3 Å². The van der Waals surface area contributed by atoms with E-state index < -0.39 is 5.82 Å². The zero-order valence-electron chi connectivity index (χ0n) is 42.0. The number of halogens is 1. The lowest BCUT2D eigenvalue weighted by atomic mass is 9.89. The van der Waals surface area contributed by atoms with Gasteiger partial charge < -0.3 is 38.9 Å². The van der Waals surface area contributed by atoms with Crippen molar-refractivity contribution in [1.29, 1.82) is 0 Å². The summed E-state index contributed by atoms with van der Waals surface area (Å²) in [6.45, 7) is 10.7. The molecule has 13 nitrogen and oxygen atoms in total. The largest absolute Gasteiger partial charge is 0.493 e. The van der Waals surface area contributed by atoms with Crippen molar-refractivity contribution in [2.24, 2.45) is 20.0 Å². The molecule has 2 N–H and O–H groups in total. The first-order chi connectivity index (χ1) is 34.9. The zero-order chi connectivity index (χ0) is 50.0. The van der Waals surface area contributed by atoms with Gasteiger partial charge in [-0.05, 0) is 116 Å². The van der Waals surface area contributed by atoms with E-state index in [4.69, 9.17) is 19.9 Å². The Morgan fingerprint density at radius 3 is 2.24 bits per heavy atom. The van der Waals surface area contributed by atoms with E-state index >= 15 is 14.0 Å². The van der Waals surface area contributed by atoms with Crippen molar-refractivity contribution in [1.82, 2.24) is 23.8 Å². The molecule has 0 bridgehead atoms. The second kappa shape index (κ2) is 21.2. The third-order valence-corrected chi connectivity index (χ3v) is 15.7. The fourth-order valence-corrected chi connectivity index (χ4v) is 11.0. The van der Waals surface area contributed by atoms with Crippen LogP contribution in [0.15, 0.2) is 97.1 Å². The summed E-state index contributed by atoms with van der Waals surface area (Å²) in [7, 11) is 3.83. The number of para-hydroxylation sites is 1. The number of hydrogen-bond acceptors (Lipinski definition) is 8. The molecule has 3 amide bonds. The van der Waals surface area contributed by atoms with Crippen molar-refractivity contribution in [3.05, 3.63) is 153 Å². The Hall–Kier alpha value is -6.74. The van der Waals surface area contributed by atoms with Crippen LogP contribution in [0.5, 0.6) is 5.75 Å². The number of carbonyl (C=O) groups excluding carboxylic acids is 3. The second-order valence-electron chi connectivity index (χ2n) is 20.0. The molecule has 2 fully saturated rings. The molecule has 14 heteroatoms. The summed E-state index contributed by atoms with van der Waals surface area (Å²) in [4.78, 5) is 52.9. The summed E-state index contributed by atoms with van der Waals surface area (Å²) >= 11 is 0. The van der Waals surface area contributed by atoms with Gasteiger partial charge in [0.1, 0.15) is 17.4 Å². The van der Waals surface area contributed by atoms with Gasteiger partial charge in [0, 0.05) is 119 Å². The van der Waals surface area contributed by atoms with Crippen LogP contribution in [-0.4, -0.2) is 107 Å². The molecule has 6 aromatic rings. The maximum atomic E-state index is 15.7. The predicted molar refractivity (Wildman–Crippen MR) is 277 cm³/mol. The molecule has 0 aliphatic carbocycles. The Balaban J connectivity index is 0.984. The zero-order valence-corrected chi connectivity index (χ0v) is 42.0. The number of nitrogen functional groups attached to an aromatic ring is 1. The lowest BCUT2D eigenvalue weighted by Gasteiger charge is -2.41. The van der Waals surface area contributed by atoms with E-state index in [0.29, 0.717) is 97.8 Å². The van der Waals surface area contributed by atoms with Crippen LogP contribution in [0.3, 0.4) is 0 Å². The van der Waals surface area contributed by atoms with Gasteiger partial charge in [-0.2, -0.15) is 0 Å². The van der Waals surface area contributed by atoms with E-state index in [1.807, 2.05) is 96.6 Å². The van der Waals surface area contributed by atoms with E-state index in [1.54, 1.807) is 21.9 Å². The fraction of sp³-hybridized carbons (Fsp3) is 0.397. The number of hydrogen-bond donors (Lipinski definition) is 1. The van der Waals surface area contributed by atoms with Gasteiger partial charge in [0.05, 0.1) is 37.5 Å². The van der Waals surface area contributed by atoms with E-state index in [0.717, 1.165) is 84.9 Å². The van der Waals surface area contributed by atoms with E-state index in [1.165, 1.54) is 11.6 Å². The van der Waals surface area contributed by atoms with E-state index in [9.17, 15) is 4.79 Å². The van der Waals surface area contributed by atoms with Gasteiger partial charge >= 0.3 is 0 Å². The SMILES string of the molecule is Cc1c(N(C(=O)c2cc(-c3cc4c(cc3C(=O)N3Cc5ccccc5CC3CN3CCOCC3)CN(C(=O)Cc3ccc(OCCC5CCOCC5)cc3F)CC4)n(C)c2C)c2ccccc2)cc(N)n1C. The molecule has 72 heavy (non-hydrogen) atoms. The highest BCUT2D eigenvalue weighted by Gasteiger charge is 2.36. The second-order valence-corrected chi connectivity index (χ2v) is 20.0. The molecule has 0 radical (unpaired) electrons. The number of carbonyl (C=O) groups is 3. The number of nitrogens with two attached hydrogens (primary N) is 1. The molecule has 2 aromatic heterocycles. The Labute approximate surface area is 421 Å². The number of benzene rings is 4. The van der Waals surface area contributed by atoms with Crippen molar-refractivity contribution in [3.8, 4) is 17.0 Å². The minimum atomic E-state index is -0.470. The first-order valence-electron chi connectivity index (χ1n) is 25.5. The Morgan fingerprint density at radius 1 is 0.764 bits per heavy atom. The summed E-state index contributed by atoms with van der Waals surface area (Å²) in [5, 5.41) is 0. The van der Waals surface area contributed by atoms with Gasteiger partial charge in [0.25, 0.3) is 11.8 Å². The van der Waals surface area contributed by atoms with Crippen LogP contribution in [0.1, 0.15) is 79.2 Å². The predicted octanol–water partition coefficient (Wildman–Crippen LogP) is 8.57. The normalized spacial score (nSPS) is 17.4. The molecule has 10 rings (SSSR count). The number of anilines is 3. The van der Waals surface area contributed by atoms with Gasteiger partial charge in [0.15, 0.2) is 0 Å². The molecule has 1 unspecified atom stereocenters. The van der Waals surface area contributed by atoms with E-state index in [2.05, 4.69) is 29.2 Å². The molecule has 0 spiro atoms. The van der Waals surface area contributed by atoms with Gasteiger partial charge in [-0.3, -0.25) is 24.2 Å². The number of nitrogens with zero attached hydrogens (tertiary/aromatic N) is 6. The van der Waals surface area contributed by atoms with Crippen molar-refractivity contribution >= 4 is 34.9 Å². The third kappa shape index (κ3) is 10.0. The number of aromatic nitrogens is 2. The minimum absolute atomic E-state index is 0.0989. The van der Waals surface area contributed by atoms with Gasteiger partial charge in [-0.1, -0.05) is 48.5 Å². The Bertz CT molecular complexity index is 2970. The van der Waals surface area contributed by atoms with E-state index in [-0.39, 0.29) is 36.7 Å². The molecule has 2 saturated heterocycles. The summed E-state index contributed by atoms with van der Waals surface area (Å²) in [6, 6.07) is 30.4. The van der Waals surface area contributed by atoms with Crippen LogP contribution >= 0.6 is 0 Å². The molecule has 0 saturated carbocycles. The van der Waals surface area contributed by atoms with Crippen LogP contribution in [-0.2, 0) is 60.7 Å². The lowest BCUT2D eigenvalue weighted by Crippen LogP contribution is -2.52. The third-order valence-electron chi connectivity index (χ3n) is 15.7. The quantitative estimate of drug-likeness (QED) is 0.122. The number of fused-ring (bicyclic) bond motifs is 2. The maximum absolute atomic E-state index is 15.7. The minimum Gasteiger partial charge on any atom is -0.493 e. The van der Waals surface area contributed by atoms with Gasteiger partial charge in [-0.15, -0.1) is 0 Å². The van der Waals surface area contributed by atoms with Crippen molar-refractivity contribution in [3.63, 3.8) is 0 Å². The molecule has 4 aliphatic rings. The highest BCUT2D eigenvalue weighted by Crippen LogP contribution is 2.39. The number of amides is 3. The Morgan fingerprint density at radius 2 is 1.50 bits per heavy atom. The van der Waals surface area contributed by atoms with Crippen LogP contribution < -0.4 is 15.4 Å². The molecule has 1 atom stereocenters. The topological polar surface area (TPSA) is 128 Å². The van der Waals surface area contributed by atoms with Crippen molar-refractivity contribution in [2.45, 2.75) is 71.5 Å². The summed E-state index contributed by atoms with van der Waals surface area (Å²) in [5.74, 6) is 0.531. The molecular weight excluding hydrogens is 910 g/mol. The van der Waals surface area contributed by atoms with Crippen molar-refractivity contribution in [2.75, 3.05) is 69.8 Å². The lowest BCUT2D eigenvalue weighted by molar-refractivity contribution is -0.131. The molecular formula is C58H66FN7O6. The average molecular weight is 976 g/mol. The fourth-order valence-electron chi connectivity index (χ4n) is 11.0. The van der Waals surface area contributed by atoms with Crippen molar-refractivity contribution < 1.29 is 33.0 Å². The standard InChI is InChI=1S/C58H66FN7O6/c1-38-49(58(69)66(46-12-6-5-7-13-46)53-34-55(60)62(4)39(53)2)33-54(61(38)3)50-29-42-16-20-64(56(67)31-43-14-15-48(32-52(43)59)72-25-19-40-17-23-70-24-18-40)35-45(42)30-51(50)57(68)65-36-44-11-9-8-10-41(44)28-47(65)37-63-21-26-71-27-22-63/h5-15,29-30,32-34,40,47H,16-28,31,35-37,60H2,1-4H3. The monoisotopic (exact) mass is 976 g/mol. The summed E-state index contributed by atoms with van der Waals surface area (Å²) in [6.07, 6.45) is 4.06. The highest BCUT2D eigenvalue weighted by atomic mass is 19.1. The first-order valence-corrected chi connectivity index (χ1v) is 25.5. The summed E-state index contributed by atoms with van der Waals surface area (Å²) < 4.78 is 36.6. The molecule has 376 valence electrons. The highest BCUT2D eigenvalue weighted by molar-refractivity contribution is 6.13. The van der Waals surface area contributed by atoms with Gasteiger partial charge in [0.2, 0.25) is 5.91 Å². The molecule has 6 heterocycles.